The number of allylic oxidation sites excluding steroid dienone is 3. The summed E-state index contributed by atoms with van der Waals surface area (Å²) in [4.78, 5) is 22.7. The number of hydrogen-bond donors (Lipinski definition) is 0. The van der Waals surface area contributed by atoms with Crippen molar-refractivity contribution >= 4 is 0 Å². The Labute approximate surface area is 148 Å². The molecule has 0 aromatic carbocycles. The van der Waals surface area contributed by atoms with E-state index >= 15 is 0 Å². The van der Waals surface area contributed by atoms with Crippen molar-refractivity contribution in [1.82, 2.24) is 0 Å². The summed E-state index contributed by atoms with van der Waals surface area (Å²) in [6.07, 6.45) is 13.4. The molecule has 0 spiro atoms. The number of hydrogen-bond acceptors (Lipinski definition) is 4. The molecule has 0 saturated carbocycles. The standard InChI is InChI=1S/C20H36O4/c1-7-9-16-21-23-18(3,4)20(14-12-11-13-15-20)19(5,6)24-22-17-10-8-2/h11-14H,7-10,15-17H2,1-6H3. The second-order valence-corrected chi connectivity index (χ2v) is 7.50. The van der Waals surface area contributed by atoms with Crippen molar-refractivity contribution in [3.05, 3.63) is 24.3 Å². The van der Waals surface area contributed by atoms with Crippen LogP contribution in [-0.4, -0.2) is 24.4 Å². The molecular formula is C20H36O4. The van der Waals surface area contributed by atoms with Gasteiger partial charge in [0.2, 0.25) is 0 Å². The van der Waals surface area contributed by atoms with Gasteiger partial charge >= 0.3 is 0 Å². The molecule has 4 heteroatoms. The van der Waals surface area contributed by atoms with E-state index in [4.69, 9.17) is 19.6 Å². The van der Waals surface area contributed by atoms with Crippen LogP contribution < -0.4 is 0 Å². The first kappa shape index (κ1) is 21.4. The highest BCUT2D eigenvalue weighted by Crippen LogP contribution is 2.51. The lowest BCUT2D eigenvalue weighted by atomic mass is 9.60. The lowest BCUT2D eigenvalue weighted by Crippen LogP contribution is -2.58. The highest BCUT2D eigenvalue weighted by molar-refractivity contribution is 5.25. The minimum Gasteiger partial charge on any atom is -0.236 e. The van der Waals surface area contributed by atoms with E-state index in [1.54, 1.807) is 0 Å². The SMILES string of the molecule is CCCCOOC(C)(C)C1(C(C)(C)OOCCCC)C=CC=CC1. The van der Waals surface area contributed by atoms with E-state index in [1.807, 2.05) is 0 Å². The van der Waals surface area contributed by atoms with Crippen molar-refractivity contribution < 1.29 is 19.6 Å². The van der Waals surface area contributed by atoms with E-state index in [9.17, 15) is 0 Å². The van der Waals surface area contributed by atoms with Crippen LogP contribution in [-0.2, 0) is 19.6 Å². The van der Waals surface area contributed by atoms with Crippen molar-refractivity contribution in [3.8, 4) is 0 Å². The second kappa shape index (κ2) is 9.71. The molecule has 0 bridgehead atoms. The largest absolute Gasteiger partial charge is 0.236 e. The molecule has 1 aliphatic carbocycles. The summed E-state index contributed by atoms with van der Waals surface area (Å²) < 4.78 is 0. The highest BCUT2D eigenvalue weighted by atomic mass is 17.2. The third-order valence-corrected chi connectivity index (χ3v) is 4.91. The molecule has 1 rings (SSSR count). The fourth-order valence-corrected chi connectivity index (χ4v) is 3.17. The van der Waals surface area contributed by atoms with E-state index in [-0.39, 0.29) is 0 Å². The quantitative estimate of drug-likeness (QED) is 0.265. The molecule has 0 saturated heterocycles. The molecule has 4 nitrogen and oxygen atoms in total. The van der Waals surface area contributed by atoms with Gasteiger partial charge in [0.15, 0.2) is 0 Å². The van der Waals surface area contributed by atoms with Gasteiger partial charge < -0.3 is 0 Å². The Morgan fingerprint density at radius 3 is 1.71 bits per heavy atom. The van der Waals surface area contributed by atoms with E-state index in [2.05, 4.69) is 65.8 Å². The van der Waals surface area contributed by atoms with Gasteiger partial charge in [-0.05, 0) is 47.0 Å². The Morgan fingerprint density at radius 2 is 1.33 bits per heavy atom. The summed E-state index contributed by atoms with van der Waals surface area (Å²) in [5.74, 6) is 0. The van der Waals surface area contributed by atoms with E-state index in [0.717, 1.165) is 32.1 Å². The summed E-state index contributed by atoms with van der Waals surface area (Å²) in [7, 11) is 0. The zero-order chi connectivity index (χ0) is 18.1. The van der Waals surface area contributed by atoms with Gasteiger partial charge in [-0.1, -0.05) is 51.0 Å². The maximum absolute atomic E-state index is 5.87. The van der Waals surface area contributed by atoms with Crippen molar-refractivity contribution in [2.75, 3.05) is 13.2 Å². The van der Waals surface area contributed by atoms with Crippen LogP contribution in [0.5, 0.6) is 0 Å². The average Bonchev–Trinajstić information content (AvgIpc) is 2.56. The monoisotopic (exact) mass is 340 g/mol. The van der Waals surface area contributed by atoms with Gasteiger partial charge in [0.1, 0.15) is 11.2 Å². The molecule has 0 radical (unpaired) electrons. The summed E-state index contributed by atoms with van der Waals surface area (Å²) in [6, 6.07) is 0. The molecule has 0 aliphatic heterocycles. The maximum atomic E-state index is 5.87. The molecule has 0 fully saturated rings. The second-order valence-electron chi connectivity index (χ2n) is 7.50. The lowest BCUT2D eigenvalue weighted by Gasteiger charge is -2.52. The van der Waals surface area contributed by atoms with Gasteiger partial charge in [-0.3, -0.25) is 0 Å². The van der Waals surface area contributed by atoms with E-state index in [0.29, 0.717) is 13.2 Å². The number of rotatable bonds is 12. The van der Waals surface area contributed by atoms with Gasteiger partial charge in [0, 0.05) is 0 Å². The van der Waals surface area contributed by atoms with Crippen molar-refractivity contribution in [1.29, 1.82) is 0 Å². The third-order valence-electron chi connectivity index (χ3n) is 4.91. The molecule has 0 aromatic heterocycles. The predicted molar refractivity (Wildman–Crippen MR) is 97.4 cm³/mol. The van der Waals surface area contributed by atoms with Crippen molar-refractivity contribution in [2.45, 2.75) is 84.8 Å². The Hall–Kier alpha value is -0.680. The molecule has 140 valence electrons. The summed E-state index contributed by atoms with van der Waals surface area (Å²) in [5, 5.41) is 0. The van der Waals surface area contributed by atoms with Crippen LogP contribution in [0.4, 0.5) is 0 Å². The topological polar surface area (TPSA) is 36.9 Å². The normalized spacial score (nSPS) is 17.4. The lowest BCUT2D eigenvalue weighted by molar-refractivity contribution is -0.422. The smallest absolute Gasteiger partial charge is 0.110 e. The molecule has 24 heavy (non-hydrogen) atoms. The van der Waals surface area contributed by atoms with Gasteiger partial charge in [0.05, 0.1) is 18.6 Å². The molecule has 0 heterocycles. The minimum absolute atomic E-state index is 0.396. The van der Waals surface area contributed by atoms with Crippen LogP contribution in [0.2, 0.25) is 0 Å². The predicted octanol–water partition coefficient (Wildman–Crippen LogP) is 5.54. The molecule has 0 atom stereocenters. The fraction of sp³-hybridized carbons (Fsp3) is 0.800. The van der Waals surface area contributed by atoms with Crippen LogP contribution in [0, 0.1) is 5.41 Å². The van der Waals surface area contributed by atoms with Crippen LogP contribution in [0.3, 0.4) is 0 Å². The van der Waals surface area contributed by atoms with Crippen LogP contribution in [0.15, 0.2) is 24.3 Å². The van der Waals surface area contributed by atoms with E-state index < -0.39 is 16.6 Å². The molecular weight excluding hydrogens is 304 g/mol. The molecule has 0 amide bonds. The minimum atomic E-state index is -0.570. The highest BCUT2D eigenvalue weighted by Gasteiger charge is 2.56. The summed E-state index contributed by atoms with van der Waals surface area (Å²) in [6.45, 7) is 13.7. The zero-order valence-electron chi connectivity index (χ0n) is 16.4. The van der Waals surface area contributed by atoms with Crippen molar-refractivity contribution in [3.63, 3.8) is 0 Å². The van der Waals surface area contributed by atoms with Gasteiger partial charge in [-0.25, -0.2) is 19.6 Å². The van der Waals surface area contributed by atoms with Crippen LogP contribution >= 0.6 is 0 Å². The fourth-order valence-electron chi connectivity index (χ4n) is 3.17. The zero-order valence-corrected chi connectivity index (χ0v) is 16.4. The Balaban J connectivity index is 2.87. The molecule has 0 aromatic rings. The molecule has 1 aliphatic rings. The summed E-state index contributed by atoms with van der Waals surface area (Å²) >= 11 is 0. The Kier molecular flexibility index (Phi) is 8.65. The van der Waals surface area contributed by atoms with Gasteiger partial charge in [0.25, 0.3) is 0 Å². The average molecular weight is 341 g/mol. The van der Waals surface area contributed by atoms with Crippen LogP contribution in [0.25, 0.3) is 0 Å². The Morgan fingerprint density at radius 1 is 0.833 bits per heavy atom. The Bertz CT molecular complexity index is 386. The van der Waals surface area contributed by atoms with Gasteiger partial charge in [-0.2, -0.15) is 0 Å². The number of unbranched alkanes of at least 4 members (excludes halogenated alkanes) is 2. The summed E-state index contributed by atoms with van der Waals surface area (Å²) in [5.41, 5.74) is -1.54. The van der Waals surface area contributed by atoms with Crippen LogP contribution in [0.1, 0.15) is 73.6 Å². The molecule has 0 unspecified atom stereocenters. The first-order valence-corrected chi connectivity index (χ1v) is 9.28. The van der Waals surface area contributed by atoms with Gasteiger partial charge in [-0.15, -0.1) is 0 Å². The third kappa shape index (κ3) is 5.16. The van der Waals surface area contributed by atoms with Crippen molar-refractivity contribution in [2.24, 2.45) is 5.41 Å². The first-order chi connectivity index (χ1) is 11.3. The first-order valence-electron chi connectivity index (χ1n) is 9.28. The molecule has 0 N–H and O–H groups in total. The van der Waals surface area contributed by atoms with E-state index in [1.165, 1.54) is 0 Å². The maximum Gasteiger partial charge on any atom is 0.110 e.